The van der Waals surface area contributed by atoms with Gasteiger partial charge in [0, 0.05) is 18.7 Å². The van der Waals surface area contributed by atoms with Gasteiger partial charge >= 0.3 is 0 Å². The van der Waals surface area contributed by atoms with Gasteiger partial charge in [-0.15, -0.1) is 10.2 Å². The second-order valence-electron chi connectivity index (χ2n) is 6.66. The van der Waals surface area contributed by atoms with Crippen molar-refractivity contribution in [3.05, 3.63) is 41.5 Å². The SMILES string of the molecule is Cc1ccc(-c2ccc(SCC(=O)N3CCCCCC3)nn2)c(C)c1. The average molecular weight is 356 g/mol. The van der Waals surface area contributed by atoms with Crippen LogP contribution in [0.3, 0.4) is 0 Å². The smallest absolute Gasteiger partial charge is 0.232 e. The minimum Gasteiger partial charge on any atom is -0.342 e. The van der Waals surface area contributed by atoms with E-state index in [1.54, 1.807) is 0 Å². The van der Waals surface area contributed by atoms with Gasteiger partial charge in [-0.25, -0.2) is 0 Å². The number of aromatic nitrogens is 2. The molecule has 0 spiro atoms. The monoisotopic (exact) mass is 355 g/mol. The van der Waals surface area contributed by atoms with Crippen molar-refractivity contribution in [1.82, 2.24) is 15.1 Å². The molecule has 1 aromatic carbocycles. The van der Waals surface area contributed by atoms with E-state index in [0.29, 0.717) is 5.75 Å². The van der Waals surface area contributed by atoms with Crippen molar-refractivity contribution in [2.24, 2.45) is 0 Å². The summed E-state index contributed by atoms with van der Waals surface area (Å²) in [6, 6.07) is 10.3. The maximum Gasteiger partial charge on any atom is 0.232 e. The van der Waals surface area contributed by atoms with E-state index in [4.69, 9.17) is 0 Å². The molecule has 0 saturated carbocycles. The average Bonchev–Trinajstić information content (AvgIpc) is 2.90. The van der Waals surface area contributed by atoms with Crippen LogP contribution in [0.1, 0.15) is 36.8 Å². The Bertz CT molecular complexity index is 722. The summed E-state index contributed by atoms with van der Waals surface area (Å²) >= 11 is 1.47. The molecule has 5 heteroatoms. The highest BCUT2D eigenvalue weighted by Gasteiger charge is 2.16. The van der Waals surface area contributed by atoms with Crippen molar-refractivity contribution in [3.63, 3.8) is 0 Å². The second kappa shape index (κ2) is 8.48. The molecule has 1 amide bonds. The van der Waals surface area contributed by atoms with Crippen molar-refractivity contribution < 1.29 is 4.79 Å². The van der Waals surface area contributed by atoms with Crippen molar-refractivity contribution in [2.45, 2.75) is 44.6 Å². The molecule has 1 aromatic heterocycles. The third-order valence-corrected chi connectivity index (χ3v) is 5.51. The predicted molar refractivity (Wildman–Crippen MR) is 103 cm³/mol. The molecule has 2 heterocycles. The molecule has 132 valence electrons. The lowest BCUT2D eigenvalue weighted by molar-refractivity contribution is -0.128. The van der Waals surface area contributed by atoms with Crippen molar-refractivity contribution in [1.29, 1.82) is 0 Å². The Kier molecular flexibility index (Phi) is 6.08. The summed E-state index contributed by atoms with van der Waals surface area (Å²) in [6.45, 7) is 5.98. The fraction of sp³-hybridized carbons (Fsp3) is 0.450. The molecule has 4 nitrogen and oxygen atoms in total. The van der Waals surface area contributed by atoms with Crippen LogP contribution in [-0.2, 0) is 4.79 Å². The highest BCUT2D eigenvalue weighted by Crippen LogP contribution is 2.24. The molecule has 3 rings (SSSR count). The third kappa shape index (κ3) is 4.82. The van der Waals surface area contributed by atoms with E-state index < -0.39 is 0 Å². The molecule has 0 radical (unpaired) electrons. The van der Waals surface area contributed by atoms with Gasteiger partial charge < -0.3 is 4.90 Å². The Labute approximate surface area is 154 Å². The third-order valence-electron chi connectivity index (χ3n) is 4.60. The molecule has 0 bridgehead atoms. The quantitative estimate of drug-likeness (QED) is 0.769. The van der Waals surface area contributed by atoms with E-state index in [1.165, 1.54) is 35.7 Å². The van der Waals surface area contributed by atoms with Crippen molar-refractivity contribution in [3.8, 4) is 11.3 Å². The maximum atomic E-state index is 12.3. The fourth-order valence-corrected chi connectivity index (χ4v) is 3.91. The summed E-state index contributed by atoms with van der Waals surface area (Å²) in [5.74, 6) is 0.657. The molecule has 1 aliphatic rings. The zero-order valence-corrected chi connectivity index (χ0v) is 15.8. The van der Waals surface area contributed by atoms with Crippen LogP contribution in [0.25, 0.3) is 11.3 Å². The van der Waals surface area contributed by atoms with Crippen LogP contribution < -0.4 is 0 Å². The lowest BCUT2D eigenvalue weighted by Gasteiger charge is -2.19. The molecule has 25 heavy (non-hydrogen) atoms. The topological polar surface area (TPSA) is 46.1 Å². The van der Waals surface area contributed by atoms with Crippen LogP contribution in [0.4, 0.5) is 0 Å². The summed E-state index contributed by atoms with van der Waals surface area (Å²) in [5.41, 5.74) is 4.43. The van der Waals surface area contributed by atoms with E-state index in [2.05, 4.69) is 42.2 Å². The Morgan fingerprint density at radius 2 is 1.80 bits per heavy atom. The van der Waals surface area contributed by atoms with Gasteiger partial charge in [-0.3, -0.25) is 4.79 Å². The summed E-state index contributed by atoms with van der Waals surface area (Å²) in [4.78, 5) is 14.3. The number of carbonyl (C=O) groups is 1. The van der Waals surface area contributed by atoms with Crippen LogP contribution in [0, 0.1) is 13.8 Å². The fourth-order valence-electron chi connectivity index (χ4n) is 3.19. The summed E-state index contributed by atoms with van der Waals surface area (Å²) in [6.07, 6.45) is 4.73. The van der Waals surface area contributed by atoms with Gasteiger partial charge in [-0.05, 0) is 44.4 Å². The molecule has 2 aromatic rings. The first-order valence-corrected chi connectivity index (χ1v) is 9.94. The van der Waals surface area contributed by atoms with Crippen molar-refractivity contribution in [2.75, 3.05) is 18.8 Å². The van der Waals surface area contributed by atoms with Crippen LogP contribution in [0.15, 0.2) is 35.4 Å². The summed E-state index contributed by atoms with van der Waals surface area (Å²) < 4.78 is 0. The van der Waals surface area contributed by atoms with Crippen LogP contribution in [0.2, 0.25) is 0 Å². The number of nitrogens with zero attached hydrogens (tertiary/aromatic N) is 3. The van der Waals surface area contributed by atoms with E-state index >= 15 is 0 Å². The lowest BCUT2D eigenvalue weighted by atomic mass is 10.0. The lowest BCUT2D eigenvalue weighted by Crippen LogP contribution is -2.33. The molecule has 0 unspecified atom stereocenters. The van der Waals surface area contributed by atoms with Crippen molar-refractivity contribution >= 4 is 17.7 Å². The minimum absolute atomic E-state index is 0.215. The van der Waals surface area contributed by atoms with Gasteiger partial charge in [0.2, 0.25) is 5.91 Å². The number of amides is 1. The molecule has 1 fully saturated rings. The first-order valence-electron chi connectivity index (χ1n) is 8.95. The largest absolute Gasteiger partial charge is 0.342 e. The van der Waals surface area contributed by atoms with E-state index in [-0.39, 0.29) is 5.91 Å². The molecular formula is C20H25N3OS. The molecule has 0 aliphatic carbocycles. The molecule has 1 saturated heterocycles. The van der Waals surface area contributed by atoms with E-state index in [1.807, 2.05) is 17.0 Å². The first-order chi connectivity index (χ1) is 12.1. The number of hydrogen-bond acceptors (Lipinski definition) is 4. The zero-order valence-electron chi connectivity index (χ0n) is 15.0. The number of likely N-dealkylation sites (tertiary alicyclic amines) is 1. The zero-order chi connectivity index (χ0) is 17.6. The van der Waals surface area contributed by atoms with E-state index in [0.717, 1.165) is 42.2 Å². The maximum absolute atomic E-state index is 12.3. The number of rotatable bonds is 4. The highest BCUT2D eigenvalue weighted by molar-refractivity contribution is 7.99. The van der Waals surface area contributed by atoms with Gasteiger partial charge in [0.05, 0.1) is 11.4 Å². The number of carbonyl (C=O) groups excluding carboxylic acids is 1. The predicted octanol–water partition coefficient (Wildman–Crippen LogP) is 4.26. The Hall–Kier alpha value is -1.88. The number of hydrogen-bond donors (Lipinski definition) is 0. The first kappa shape index (κ1) is 17.9. The normalized spacial score (nSPS) is 15.0. The van der Waals surface area contributed by atoms with Gasteiger partial charge in [0.15, 0.2) is 0 Å². The number of thioether (sulfide) groups is 1. The highest BCUT2D eigenvalue weighted by atomic mass is 32.2. The number of aryl methyl sites for hydroxylation is 2. The van der Waals surface area contributed by atoms with Gasteiger partial charge in [-0.2, -0.15) is 0 Å². The van der Waals surface area contributed by atoms with Gasteiger partial charge in [0.1, 0.15) is 5.03 Å². The van der Waals surface area contributed by atoms with Gasteiger partial charge in [0.25, 0.3) is 0 Å². The molecule has 0 N–H and O–H groups in total. The minimum atomic E-state index is 0.215. The Morgan fingerprint density at radius 3 is 2.44 bits per heavy atom. The standard InChI is InChI=1S/C20H25N3OS/c1-15-7-8-17(16(2)13-15)18-9-10-19(22-21-18)25-14-20(24)23-11-5-3-4-6-12-23/h7-10,13H,3-6,11-12,14H2,1-2H3. The second-order valence-corrected chi connectivity index (χ2v) is 7.65. The summed E-state index contributed by atoms with van der Waals surface area (Å²) in [5, 5.41) is 9.45. The Morgan fingerprint density at radius 1 is 1.04 bits per heavy atom. The van der Waals surface area contributed by atoms with Crippen LogP contribution in [-0.4, -0.2) is 39.8 Å². The molecule has 0 atom stereocenters. The Balaban J connectivity index is 1.60. The van der Waals surface area contributed by atoms with Crippen LogP contribution >= 0.6 is 11.8 Å². The summed E-state index contributed by atoms with van der Waals surface area (Å²) in [7, 11) is 0. The molecular weight excluding hydrogens is 330 g/mol. The van der Waals surface area contributed by atoms with Crippen LogP contribution in [0.5, 0.6) is 0 Å². The van der Waals surface area contributed by atoms with E-state index in [9.17, 15) is 4.79 Å². The number of benzene rings is 1. The van der Waals surface area contributed by atoms with Gasteiger partial charge in [-0.1, -0.05) is 48.4 Å². The molecule has 1 aliphatic heterocycles.